The zero-order valence-electron chi connectivity index (χ0n) is 13.3. The lowest BCUT2D eigenvalue weighted by Crippen LogP contribution is -2.24. The van der Waals surface area contributed by atoms with Gasteiger partial charge < -0.3 is 10.3 Å². The number of thioether (sulfide) groups is 1. The molecule has 0 saturated carbocycles. The van der Waals surface area contributed by atoms with E-state index in [0.717, 1.165) is 16.3 Å². The summed E-state index contributed by atoms with van der Waals surface area (Å²) in [5.74, 6) is 0.585. The summed E-state index contributed by atoms with van der Waals surface area (Å²) < 4.78 is 0. The fourth-order valence-electron chi connectivity index (χ4n) is 2.12. The van der Waals surface area contributed by atoms with Gasteiger partial charge in [0.15, 0.2) is 0 Å². The molecule has 2 N–H and O–H groups in total. The van der Waals surface area contributed by atoms with Crippen LogP contribution in [0.15, 0.2) is 70.9 Å². The number of aromatic nitrogens is 3. The molecule has 1 aromatic carbocycles. The zero-order chi connectivity index (χ0) is 17.5. The number of benzene rings is 1. The van der Waals surface area contributed by atoms with E-state index in [9.17, 15) is 9.59 Å². The Morgan fingerprint density at radius 1 is 1.12 bits per heavy atom. The van der Waals surface area contributed by atoms with Crippen molar-refractivity contribution in [1.82, 2.24) is 20.3 Å². The van der Waals surface area contributed by atoms with Gasteiger partial charge in [0.1, 0.15) is 0 Å². The molecule has 0 fully saturated rings. The Balaban J connectivity index is 1.54. The number of aromatic amines is 1. The Bertz CT molecular complexity index is 895. The smallest absolute Gasteiger partial charge is 0.251 e. The number of hydrogen-bond acceptors (Lipinski definition) is 5. The predicted molar refractivity (Wildman–Crippen MR) is 96.3 cm³/mol. The van der Waals surface area contributed by atoms with Crippen LogP contribution in [0.3, 0.4) is 0 Å². The molecule has 7 heteroatoms. The molecule has 0 aliphatic carbocycles. The second kappa shape index (κ2) is 8.25. The molecule has 0 saturated heterocycles. The summed E-state index contributed by atoms with van der Waals surface area (Å²) >= 11 is 1.64. The predicted octanol–water partition coefficient (Wildman–Crippen LogP) is 2.39. The minimum Gasteiger partial charge on any atom is -0.346 e. The van der Waals surface area contributed by atoms with E-state index >= 15 is 0 Å². The van der Waals surface area contributed by atoms with E-state index in [2.05, 4.69) is 20.3 Å². The molecular weight excluding hydrogens is 336 g/mol. The molecule has 3 rings (SSSR count). The Morgan fingerprint density at radius 3 is 2.68 bits per heavy atom. The van der Waals surface area contributed by atoms with Crippen LogP contribution in [0.5, 0.6) is 0 Å². The van der Waals surface area contributed by atoms with Crippen molar-refractivity contribution in [2.75, 3.05) is 0 Å². The first-order chi connectivity index (χ1) is 12.2. The summed E-state index contributed by atoms with van der Waals surface area (Å²) in [7, 11) is 0. The molecule has 6 nitrogen and oxygen atoms in total. The van der Waals surface area contributed by atoms with E-state index in [-0.39, 0.29) is 18.0 Å². The standard InChI is InChI=1S/C18H16N4O2S/c23-16-9-15(21-12-22-16)10-20-18(24)14-6-4-13(5-7-14)11-25-17-3-1-2-8-19-17/h1-9,12H,10-11H2,(H,20,24)(H,21,22,23). The summed E-state index contributed by atoms with van der Waals surface area (Å²) in [6.45, 7) is 0.208. The third kappa shape index (κ3) is 5.02. The van der Waals surface area contributed by atoms with Crippen molar-refractivity contribution in [1.29, 1.82) is 0 Å². The van der Waals surface area contributed by atoms with Gasteiger partial charge in [-0.1, -0.05) is 18.2 Å². The minimum atomic E-state index is -0.242. The molecule has 1 amide bonds. The highest BCUT2D eigenvalue weighted by atomic mass is 32.2. The first kappa shape index (κ1) is 16.9. The molecular formula is C18H16N4O2S. The maximum absolute atomic E-state index is 12.2. The van der Waals surface area contributed by atoms with E-state index in [1.165, 1.54) is 12.4 Å². The van der Waals surface area contributed by atoms with E-state index in [1.807, 2.05) is 30.3 Å². The van der Waals surface area contributed by atoms with Gasteiger partial charge in [-0.15, -0.1) is 11.8 Å². The summed E-state index contributed by atoms with van der Waals surface area (Å²) in [6, 6.07) is 14.6. The number of nitrogens with zero attached hydrogens (tertiary/aromatic N) is 2. The number of H-pyrrole nitrogens is 1. The molecule has 0 radical (unpaired) electrons. The van der Waals surface area contributed by atoms with Gasteiger partial charge in [-0.2, -0.15) is 0 Å². The highest BCUT2D eigenvalue weighted by Crippen LogP contribution is 2.20. The monoisotopic (exact) mass is 352 g/mol. The fraction of sp³-hybridized carbons (Fsp3) is 0.111. The van der Waals surface area contributed by atoms with Crippen molar-refractivity contribution < 1.29 is 4.79 Å². The summed E-state index contributed by atoms with van der Waals surface area (Å²) in [5, 5.41) is 3.72. The van der Waals surface area contributed by atoms with E-state index in [4.69, 9.17) is 0 Å². The average molecular weight is 352 g/mol. The van der Waals surface area contributed by atoms with Crippen molar-refractivity contribution in [3.05, 3.63) is 88.2 Å². The number of rotatable bonds is 6. The largest absolute Gasteiger partial charge is 0.346 e. The summed E-state index contributed by atoms with van der Waals surface area (Å²) in [5.41, 5.74) is 1.95. The highest BCUT2D eigenvalue weighted by Gasteiger charge is 2.06. The normalized spacial score (nSPS) is 10.4. The Kier molecular flexibility index (Phi) is 5.58. The molecule has 25 heavy (non-hydrogen) atoms. The first-order valence-electron chi connectivity index (χ1n) is 7.65. The second-order valence-electron chi connectivity index (χ2n) is 5.24. The van der Waals surface area contributed by atoms with Crippen LogP contribution < -0.4 is 10.9 Å². The lowest BCUT2D eigenvalue weighted by Gasteiger charge is -2.06. The second-order valence-corrected chi connectivity index (χ2v) is 6.23. The van der Waals surface area contributed by atoms with Gasteiger partial charge in [0.25, 0.3) is 11.5 Å². The van der Waals surface area contributed by atoms with Gasteiger partial charge in [0.05, 0.1) is 23.6 Å². The van der Waals surface area contributed by atoms with Crippen LogP contribution in [-0.4, -0.2) is 20.9 Å². The van der Waals surface area contributed by atoms with E-state index in [0.29, 0.717) is 11.3 Å². The molecule has 0 aliphatic heterocycles. The van der Waals surface area contributed by atoms with Crippen molar-refractivity contribution >= 4 is 17.7 Å². The van der Waals surface area contributed by atoms with Gasteiger partial charge in [-0.25, -0.2) is 9.97 Å². The number of amides is 1. The number of carbonyl (C=O) groups is 1. The molecule has 126 valence electrons. The van der Waals surface area contributed by atoms with E-state index in [1.54, 1.807) is 30.1 Å². The zero-order valence-corrected chi connectivity index (χ0v) is 14.1. The van der Waals surface area contributed by atoms with Gasteiger partial charge in [-0.05, 0) is 29.8 Å². The molecule has 0 spiro atoms. The minimum absolute atomic E-state index is 0.203. The molecule has 0 aliphatic rings. The Hall–Kier alpha value is -2.93. The van der Waals surface area contributed by atoms with Gasteiger partial charge in [0, 0.05) is 23.6 Å². The highest BCUT2D eigenvalue weighted by molar-refractivity contribution is 7.98. The SMILES string of the molecule is O=C(NCc1cc(=O)[nH]cn1)c1ccc(CSc2ccccn2)cc1. The lowest BCUT2D eigenvalue weighted by molar-refractivity contribution is 0.0950. The lowest BCUT2D eigenvalue weighted by atomic mass is 10.1. The van der Waals surface area contributed by atoms with Crippen molar-refractivity contribution in [3.8, 4) is 0 Å². The first-order valence-corrected chi connectivity index (χ1v) is 8.64. The quantitative estimate of drug-likeness (QED) is 0.665. The molecule has 0 bridgehead atoms. The molecule has 0 unspecified atom stereocenters. The molecule has 0 atom stereocenters. The van der Waals surface area contributed by atoms with Gasteiger partial charge in [0.2, 0.25) is 0 Å². The number of nitrogens with one attached hydrogen (secondary N) is 2. The maximum Gasteiger partial charge on any atom is 0.251 e. The number of pyridine rings is 1. The van der Waals surface area contributed by atoms with Crippen LogP contribution in [0, 0.1) is 0 Å². The van der Waals surface area contributed by atoms with E-state index < -0.39 is 0 Å². The van der Waals surface area contributed by atoms with Gasteiger partial charge >= 0.3 is 0 Å². The van der Waals surface area contributed by atoms with Crippen LogP contribution in [0.1, 0.15) is 21.6 Å². The third-order valence-corrected chi connectivity index (χ3v) is 4.42. The van der Waals surface area contributed by atoms with Crippen LogP contribution >= 0.6 is 11.8 Å². The third-order valence-electron chi connectivity index (χ3n) is 3.41. The number of carbonyl (C=O) groups excluding carboxylic acids is 1. The molecule has 2 aromatic heterocycles. The Morgan fingerprint density at radius 2 is 1.96 bits per heavy atom. The molecule has 2 heterocycles. The fourth-order valence-corrected chi connectivity index (χ4v) is 2.94. The van der Waals surface area contributed by atoms with Crippen LogP contribution in [0.2, 0.25) is 0 Å². The molecule has 3 aromatic rings. The topological polar surface area (TPSA) is 87.7 Å². The summed E-state index contributed by atoms with van der Waals surface area (Å²) in [6.07, 6.45) is 3.09. The average Bonchev–Trinajstić information content (AvgIpc) is 2.66. The van der Waals surface area contributed by atoms with Crippen LogP contribution in [0.4, 0.5) is 0 Å². The van der Waals surface area contributed by atoms with Crippen molar-refractivity contribution in [2.45, 2.75) is 17.3 Å². The maximum atomic E-state index is 12.2. The number of hydrogen-bond donors (Lipinski definition) is 2. The van der Waals surface area contributed by atoms with Crippen molar-refractivity contribution in [3.63, 3.8) is 0 Å². The van der Waals surface area contributed by atoms with Gasteiger partial charge in [-0.3, -0.25) is 9.59 Å². The van der Waals surface area contributed by atoms with Crippen molar-refractivity contribution in [2.24, 2.45) is 0 Å². The van der Waals surface area contributed by atoms with Crippen LogP contribution in [-0.2, 0) is 12.3 Å². The summed E-state index contributed by atoms with van der Waals surface area (Å²) in [4.78, 5) is 34.0. The Labute approximate surface area is 148 Å². The van der Waals surface area contributed by atoms with Crippen LogP contribution in [0.25, 0.3) is 0 Å².